The minimum atomic E-state index is -0.385. The van der Waals surface area contributed by atoms with E-state index in [0.29, 0.717) is 43.1 Å². The van der Waals surface area contributed by atoms with E-state index in [1.54, 1.807) is 18.2 Å². The summed E-state index contributed by atoms with van der Waals surface area (Å²) in [5.41, 5.74) is 13.2. The van der Waals surface area contributed by atoms with Gasteiger partial charge in [0.15, 0.2) is 0 Å². The highest BCUT2D eigenvalue weighted by Crippen LogP contribution is 2.23. The number of unbranched alkanes of at least 4 members (excludes halogenated alkanes) is 2. The van der Waals surface area contributed by atoms with E-state index in [2.05, 4.69) is 16.0 Å². The van der Waals surface area contributed by atoms with Crippen LogP contribution >= 0.6 is 0 Å². The molecule has 0 saturated heterocycles. The minimum Gasteiger partial charge on any atom is -0.496 e. The molecule has 2 aromatic carbocycles. The zero-order chi connectivity index (χ0) is 25.5. The van der Waals surface area contributed by atoms with Crippen molar-refractivity contribution in [3.05, 3.63) is 59.7 Å². The van der Waals surface area contributed by atoms with E-state index in [1.165, 1.54) is 7.11 Å². The van der Waals surface area contributed by atoms with Crippen LogP contribution in [0.2, 0.25) is 0 Å². The molecule has 0 aromatic heterocycles. The Kier molecular flexibility index (Phi) is 12.8. The van der Waals surface area contributed by atoms with E-state index >= 15 is 0 Å². The quantitative estimate of drug-likeness (QED) is 0.233. The second kappa shape index (κ2) is 15.9. The van der Waals surface area contributed by atoms with Gasteiger partial charge in [-0.2, -0.15) is 0 Å². The van der Waals surface area contributed by atoms with Crippen LogP contribution in [0.25, 0.3) is 0 Å². The third kappa shape index (κ3) is 10.1. The molecular weight excluding hydrogens is 442 g/mol. The molecule has 0 fully saturated rings. The Morgan fingerprint density at radius 1 is 0.943 bits per heavy atom. The molecule has 192 valence electrons. The van der Waals surface area contributed by atoms with Gasteiger partial charge < -0.3 is 32.2 Å². The van der Waals surface area contributed by atoms with Crippen molar-refractivity contribution >= 4 is 17.5 Å². The number of methoxy groups -OCH3 is 1. The van der Waals surface area contributed by atoms with Gasteiger partial charge in [-0.15, -0.1) is 0 Å². The second-order valence-corrected chi connectivity index (χ2v) is 8.77. The lowest BCUT2D eigenvalue weighted by Crippen LogP contribution is -2.40. The summed E-state index contributed by atoms with van der Waals surface area (Å²) in [6, 6.07) is 14.7. The largest absolute Gasteiger partial charge is 0.496 e. The van der Waals surface area contributed by atoms with Crippen molar-refractivity contribution in [3.63, 3.8) is 0 Å². The lowest BCUT2D eigenvalue weighted by atomic mass is 10.1. The number of carbonyl (C=O) groups excluding carboxylic acids is 2. The van der Waals surface area contributed by atoms with Gasteiger partial charge in [-0.3, -0.25) is 9.59 Å². The Labute approximate surface area is 209 Å². The molecule has 8 heteroatoms. The molecule has 0 aliphatic rings. The SMILES string of the molecule is COc1ccc(NC(=O)C(CCCCN)NCc2ccccc2)cc1C(=O)NC(C)CCCCN. The van der Waals surface area contributed by atoms with Crippen LogP contribution in [0.4, 0.5) is 5.69 Å². The maximum Gasteiger partial charge on any atom is 0.255 e. The predicted molar refractivity (Wildman–Crippen MR) is 141 cm³/mol. The third-order valence-electron chi connectivity index (χ3n) is 5.84. The monoisotopic (exact) mass is 483 g/mol. The maximum atomic E-state index is 13.1. The molecule has 0 saturated carbocycles. The summed E-state index contributed by atoms with van der Waals surface area (Å²) in [4.78, 5) is 26.1. The molecule has 2 atom stereocenters. The van der Waals surface area contributed by atoms with Crippen LogP contribution in [0, 0.1) is 0 Å². The van der Waals surface area contributed by atoms with E-state index in [1.807, 2.05) is 37.3 Å². The highest BCUT2D eigenvalue weighted by molar-refractivity contribution is 6.00. The Morgan fingerprint density at radius 3 is 2.29 bits per heavy atom. The number of rotatable bonds is 16. The number of hydrogen-bond donors (Lipinski definition) is 5. The molecule has 2 unspecified atom stereocenters. The summed E-state index contributed by atoms with van der Waals surface area (Å²) in [7, 11) is 1.52. The standard InChI is InChI=1S/C27H41N5O3/c1-20(10-6-8-16-28)31-26(33)23-18-22(14-15-25(23)35-2)32-27(34)24(13-7-9-17-29)30-19-21-11-4-3-5-12-21/h3-5,11-12,14-15,18,20,24,30H,6-10,13,16-17,19,28-29H2,1-2H3,(H,31,33)(H,32,34). The van der Waals surface area contributed by atoms with Crippen LogP contribution in [0.15, 0.2) is 48.5 Å². The van der Waals surface area contributed by atoms with Crippen LogP contribution < -0.4 is 32.2 Å². The van der Waals surface area contributed by atoms with Gasteiger partial charge in [-0.25, -0.2) is 0 Å². The van der Waals surface area contributed by atoms with Crippen molar-refractivity contribution in [2.45, 2.75) is 64.1 Å². The molecule has 2 rings (SSSR count). The number of amides is 2. The number of hydrogen-bond acceptors (Lipinski definition) is 6. The van der Waals surface area contributed by atoms with Gasteiger partial charge in [0.25, 0.3) is 5.91 Å². The number of benzene rings is 2. The number of nitrogens with two attached hydrogens (primary N) is 2. The van der Waals surface area contributed by atoms with E-state index in [0.717, 1.165) is 37.7 Å². The Balaban J connectivity index is 2.08. The van der Waals surface area contributed by atoms with Gasteiger partial charge >= 0.3 is 0 Å². The van der Waals surface area contributed by atoms with Crippen molar-refractivity contribution in [2.75, 3.05) is 25.5 Å². The van der Waals surface area contributed by atoms with E-state index in [-0.39, 0.29) is 23.9 Å². The number of nitrogens with one attached hydrogen (secondary N) is 3. The fourth-order valence-electron chi connectivity index (χ4n) is 3.82. The summed E-state index contributed by atoms with van der Waals surface area (Å²) >= 11 is 0. The van der Waals surface area contributed by atoms with E-state index in [4.69, 9.17) is 16.2 Å². The molecule has 0 heterocycles. The summed E-state index contributed by atoms with van der Waals surface area (Å²) < 4.78 is 5.39. The fourth-order valence-corrected chi connectivity index (χ4v) is 3.82. The highest BCUT2D eigenvalue weighted by Gasteiger charge is 2.20. The van der Waals surface area contributed by atoms with E-state index in [9.17, 15) is 9.59 Å². The van der Waals surface area contributed by atoms with Gasteiger partial charge in [-0.1, -0.05) is 43.2 Å². The first-order chi connectivity index (χ1) is 17.0. The average molecular weight is 484 g/mol. The zero-order valence-electron chi connectivity index (χ0n) is 21.0. The van der Waals surface area contributed by atoms with Crippen molar-refractivity contribution in [1.29, 1.82) is 0 Å². The van der Waals surface area contributed by atoms with Crippen LogP contribution in [-0.2, 0) is 11.3 Å². The molecule has 0 spiro atoms. The average Bonchev–Trinajstić information content (AvgIpc) is 2.86. The second-order valence-electron chi connectivity index (χ2n) is 8.77. The van der Waals surface area contributed by atoms with Crippen LogP contribution in [0.3, 0.4) is 0 Å². The summed E-state index contributed by atoms with van der Waals surface area (Å²) in [5, 5.41) is 9.33. The molecule has 2 aromatic rings. The van der Waals surface area contributed by atoms with Crippen molar-refractivity contribution in [2.24, 2.45) is 11.5 Å². The van der Waals surface area contributed by atoms with Gasteiger partial charge in [0.1, 0.15) is 5.75 Å². The normalized spacial score (nSPS) is 12.6. The van der Waals surface area contributed by atoms with Crippen LogP contribution in [0.1, 0.15) is 61.4 Å². The molecule has 0 bridgehead atoms. The first kappa shape index (κ1) is 28.3. The topological polar surface area (TPSA) is 132 Å². The van der Waals surface area contributed by atoms with E-state index < -0.39 is 0 Å². The number of ether oxygens (including phenoxy) is 1. The third-order valence-corrected chi connectivity index (χ3v) is 5.84. The smallest absolute Gasteiger partial charge is 0.255 e. The first-order valence-corrected chi connectivity index (χ1v) is 12.5. The molecule has 0 aliphatic heterocycles. The van der Waals surface area contributed by atoms with Gasteiger partial charge in [0.05, 0.1) is 18.7 Å². The highest BCUT2D eigenvalue weighted by atomic mass is 16.5. The molecule has 35 heavy (non-hydrogen) atoms. The lowest BCUT2D eigenvalue weighted by Gasteiger charge is -2.20. The van der Waals surface area contributed by atoms with Crippen molar-refractivity contribution in [3.8, 4) is 5.75 Å². The minimum absolute atomic E-state index is 0.00566. The molecule has 8 nitrogen and oxygen atoms in total. The molecular formula is C27H41N5O3. The van der Waals surface area contributed by atoms with Gasteiger partial charge in [0, 0.05) is 18.3 Å². The fraction of sp³-hybridized carbons (Fsp3) is 0.481. The summed E-state index contributed by atoms with van der Waals surface area (Å²) in [6.45, 7) is 3.79. The van der Waals surface area contributed by atoms with Gasteiger partial charge in [-0.05, 0) is 69.5 Å². The molecule has 0 radical (unpaired) electrons. The van der Waals surface area contributed by atoms with Crippen LogP contribution in [0.5, 0.6) is 5.75 Å². The Morgan fingerprint density at radius 2 is 1.63 bits per heavy atom. The van der Waals surface area contributed by atoms with Crippen molar-refractivity contribution in [1.82, 2.24) is 10.6 Å². The molecule has 2 amide bonds. The number of carbonyl (C=O) groups is 2. The number of anilines is 1. The summed E-state index contributed by atoms with van der Waals surface area (Å²) in [6.07, 6.45) is 5.09. The molecule has 0 aliphatic carbocycles. The first-order valence-electron chi connectivity index (χ1n) is 12.5. The Hall–Kier alpha value is -2.94. The van der Waals surface area contributed by atoms with Gasteiger partial charge in [0.2, 0.25) is 5.91 Å². The zero-order valence-corrected chi connectivity index (χ0v) is 21.0. The van der Waals surface area contributed by atoms with Crippen LogP contribution in [-0.4, -0.2) is 44.1 Å². The van der Waals surface area contributed by atoms with Crippen molar-refractivity contribution < 1.29 is 14.3 Å². The lowest BCUT2D eigenvalue weighted by molar-refractivity contribution is -0.118. The Bertz CT molecular complexity index is 907. The summed E-state index contributed by atoms with van der Waals surface area (Å²) in [5.74, 6) is 0.0703. The molecule has 7 N–H and O–H groups in total. The maximum absolute atomic E-state index is 13.1. The predicted octanol–water partition coefficient (Wildman–Crippen LogP) is 3.17.